The number of primary amides is 1. The van der Waals surface area contributed by atoms with Crippen LogP contribution >= 0.6 is 11.6 Å². The van der Waals surface area contributed by atoms with Crippen LogP contribution in [0.3, 0.4) is 0 Å². The van der Waals surface area contributed by atoms with Crippen LogP contribution in [0.1, 0.15) is 0 Å². The smallest absolute Gasteiger partial charge is 0.404 e. The third-order valence-electron chi connectivity index (χ3n) is 1.60. The number of ether oxygens (including phenoxy) is 1. The number of halogens is 1. The van der Waals surface area contributed by atoms with Gasteiger partial charge in [0.1, 0.15) is 12.9 Å². The maximum absolute atomic E-state index is 10.7. The number of aromatic nitrogens is 2. The molecular weight excluding hydrogens is 254 g/mol. The van der Waals surface area contributed by atoms with E-state index in [9.17, 15) is 14.9 Å². The summed E-state index contributed by atoms with van der Waals surface area (Å²) in [6.45, 7) is 0.0607. The highest BCUT2D eigenvalue weighted by Gasteiger charge is 2.20. The first kappa shape index (κ1) is 12.9. The summed E-state index contributed by atoms with van der Waals surface area (Å²) >= 11 is 5.55. The first-order chi connectivity index (χ1) is 8.02. The topological polar surface area (TPSA) is 133 Å². The number of nitro groups is 1. The maximum atomic E-state index is 10.7. The Morgan fingerprint density at radius 2 is 2.35 bits per heavy atom. The van der Waals surface area contributed by atoms with Crippen molar-refractivity contribution in [3.8, 4) is 0 Å². The van der Waals surface area contributed by atoms with Crippen LogP contribution in [0.25, 0.3) is 0 Å². The van der Waals surface area contributed by atoms with Gasteiger partial charge >= 0.3 is 11.8 Å². The Hall–Kier alpha value is -2.16. The summed E-state index contributed by atoms with van der Waals surface area (Å²) < 4.78 is 4.42. The lowest BCUT2D eigenvalue weighted by molar-refractivity contribution is -0.384. The monoisotopic (exact) mass is 261 g/mol. The van der Waals surface area contributed by atoms with Crippen molar-refractivity contribution in [3.05, 3.63) is 21.6 Å². The van der Waals surface area contributed by atoms with E-state index in [1.165, 1.54) is 0 Å². The molecule has 1 heterocycles. The van der Waals surface area contributed by atoms with Gasteiger partial charge in [-0.2, -0.15) is 0 Å². The van der Waals surface area contributed by atoms with E-state index < -0.39 is 16.7 Å². The molecule has 0 spiro atoms. The molecule has 17 heavy (non-hydrogen) atoms. The van der Waals surface area contributed by atoms with E-state index in [0.29, 0.717) is 0 Å². The highest BCUT2D eigenvalue weighted by molar-refractivity contribution is 6.31. The molecule has 92 valence electrons. The largest absolute Gasteiger partial charge is 0.448 e. The van der Waals surface area contributed by atoms with Gasteiger partial charge in [0.15, 0.2) is 0 Å². The standard InChI is InChI=1S/C7H8ClN5O4/c8-5-4(13(15)16)6(12-3-11-5)10-1-2-17-7(9)14/h3H,1-2H2,(H2,9,14)(H,10,11,12). The molecular formula is C7H8ClN5O4. The number of rotatable bonds is 5. The van der Waals surface area contributed by atoms with Crippen molar-refractivity contribution in [3.63, 3.8) is 0 Å². The number of hydrogen-bond acceptors (Lipinski definition) is 7. The molecule has 0 unspecified atom stereocenters. The van der Waals surface area contributed by atoms with Crippen molar-refractivity contribution in [2.24, 2.45) is 5.73 Å². The van der Waals surface area contributed by atoms with Gasteiger partial charge in [-0.15, -0.1) is 0 Å². The molecule has 10 heteroatoms. The first-order valence-corrected chi connectivity index (χ1v) is 4.71. The van der Waals surface area contributed by atoms with Crippen LogP contribution in [-0.4, -0.2) is 34.1 Å². The second-order valence-corrected chi connectivity index (χ2v) is 3.07. The fourth-order valence-corrected chi connectivity index (χ4v) is 1.17. The molecule has 0 saturated heterocycles. The zero-order valence-corrected chi connectivity index (χ0v) is 9.18. The fourth-order valence-electron chi connectivity index (χ4n) is 0.969. The molecule has 3 N–H and O–H groups in total. The zero-order valence-electron chi connectivity index (χ0n) is 8.42. The Labute approximate surface area is 100 Å². The molecule has 0 saturated carbocycles. The van der Waals surface area contributed by atoms with Crippen LogP contribution in [0, 0.1) is 10.1 Å². The summed E-state index contributed by atoms with van der Waals surface area (Å²) in [7, 11) is 0. The summed E-state index contributed by atoms with van der Waals surface area (Å²) in [6.07, 6.45) is 0.147. The summed E-state index contributed by atoms with van der Waals surface area (Å²) in [4.78, 5) is 27.4. The number of amides is 1. The van der Waals surface area contributed by atoms with E-state index in [2.05, 4.69) is 20.0 Å². The predicted molar refractivity (Wildman–Crippen MR) is 57.7 cm³/mol. The number of nitrogens with one attached hydrogen (secondary N) is 1. The first-order valence-electron chi connectivity index (χ1n) is 4.33. The van der Waals surface area contributed by atoms with Crippen LogP contribution in [0.15, 0.2) is 6.33 Å². The second kappa shape index (κ2) is 5.80. The molecule has 0 bridgehead atoms. The minimum absolute atomic E-state index is 0.0475. The van der Waals surface area contributed by atoms with Crippen LogP contribution in [0.2, 0.25) is 5.15 Å². The number of carbonyl (C=O) groups excluding carboxylic acids is 1. The molecule has 0 aliphatic heterocycles. The lowest BCUT2D eigenvalue weighted by atomic mass is 10.4. The molecule has 1 amide bonds. The van der Waals surface area contributed by atoms with E-state index in [1.54, 1.807) is 0 Å². The molecule has 1 aromatic heterocycles. The van der Waals surface area contributed by atoms with E-state index in [1.807, 2.05) is 0 Å². The fraction of sp³-hybridized carbons (Fsp3) is 0.286. The Morgan fingerprint density at radius 3 is 2.94 bits per heavy atom. The van der Waals surface area contributed by atoms with Gasteiger partial charge in [0.2, 0.25) is 11.0 Å². The summed E-state index contributed by atoms with van der Waals surface area (Å²) in [5.74, 6) is -0.0527. The van der Waals surface area contributed by atoms with Crippen LogP contribution in [0.5, 0.6) is 0 Å². The summed E-state index contributed by atoms with van der Waals surface area (Å²) in [6, 6.07) is 0. The third-order valence-corrected chi connectivity index (χ3v) is 1.88. The minimum Gasteiger partial charge on any atom is -0.448 e. The number of hydrogen-bond donors (Lipinski definition) is 2. The van der Waals surface area contributed by atoms with Gasteiger partial charge in [0.05, 0.1) is 11.5 Å². The number of carbonyl (C=O) groups is 1. The highest BCUT2D eigenvalue weighted by atomic mass is 35.5. The molecule has 0 atom stereocenters. The molecule has 0 radical (unpaired) electrons. The van der Waals surface area contributed by atoms with Crippen molar-refractivity contribution in [1.82, 2.24) is 9.97 Å². The van der Waals surface area contributed by atoms with Crippen molar-refractivity contribution >= 4 is 29.2 Å². The van der Waals surface area contributed by atoms with Gasteiger partial charge in [-0.05, 0) is 0 Å². The van der Waals surface area contributed by atoms with E-state index in [0.717, 1.165) is 6.33 Å². The molecule has 1 aromatic rings. The Balaban J connectivity index is 2.67. The lowest BCUT2D eigenvalue weighted by Crippen LogP contribution is -2.19. The number of nitrogens with zero attached hydrogens (tertiary/aromatic N) is 3. The number of nitrogens with two attached hydrogens (primary N) is 1. The normalized spacial score (nSPS) is 9.71. The average molecular weight is 262 g/mol. The third kappa shape index (κ3) is 3.72. The summed E-state index contributed by atoms with van der Waals surface area (Å²) in [5, 5.41) is 13.0. The van der Waals surface area contributed by atoms with Crippen LogP contribution in [0.4, 0.5) is 16.3 Å². The molecule has 1 rings (SSSR count). The highest BCUT2D eigenvalue weighted by Crippen LogP contribution is 2.27. The lowest BCUT2D eigenvalue weighted by Gasteiger charge is -2.05. The molecule has 0 aliphatic carbocycles. The van der Waals surface area contributed by atoms with Crippen LogP contribution in [-0.2, 0) is 4.74 Å². The van der Waals surface area contributed by atoms with Gasteiger partial charge < -0.3 is 15.8 Å². The molecule has 0 aliphatic rings. The van der Waals surface area contributed by atoms with Crippen molar-refractivity contribution in [2.45, 2.75) is 0 Å². The van der Waals surface area contributed by atoms with Gasteiger partial charge in [0.25, 0.3) is 0 Å². The second-order valence-electron chi connectivity index (χ2n) is 2.71. The van der Waals surface area contributed by atoms with Gasteiger partial charge in [-0.1, -0.05) is 11.6 Å². The number of anilines is 1. The Kier molecular flexibility index (Phi) is 4.40. The van der Waals surface area contributed by atoms with Crippen LogP contribution < -0.4 is 11.1 Å². The van der Waals surface area contributed by atoms with Crippen molar-refractivity contribution in [2.75, 3.05) is 18.5 Å². The van der Waals surface area contributed by atoms with Gasteiger partial charge in [-0.25, -0.2) is 14.8 Å². The van der Waals surface area contributed by atoms with E-state index in [-0.39, 0.29) is 24.1 Å². The maximum Gasteiger partial charge on any atom is 0.404 e. The van der Waals surface area contributed by atoms with Gasteiger partial charge in [0, 0.05) is 0 Å². The Bertz CT molecular complexity index is 440. The zero-order chi connectivity index (χ0) is 12.8. The minimum atomic E-state index is -0.929. The SMILES string of the molecule is NC(=O)OCCNc1ncnc(Cl)c1[N+](=O)[O-]. The van der Waals surface area contributed by atoms with Crippen molar-refractivity contribution in [1.29, 1.82) is 0 Å². The van der Waals surface area contributed by atoms with E-state index in [4.69, 9.17) is 17.3 Å². The Morgan fingerprint density at radius 1 is 1.65 bits per heavy atom. The quantitative estimate of drug-likeness (QED) is 0.342. The average Bonchev–Trinajstić information content (AvgIpc) is 2.23. The predicted octanol–water partition coefficient (Wildman–Crippen LogP) is 0.545. The van der Waals surface area contributed by atoms with Crippen molar-refractivity contribution < 1.29 is 14.5 Å². The van der Waals surface area contributed by atoms with E-state index >= 15 is 0 Å². The summed E-state index contributed by atoms with van der Waals surface area (Å²) in [5.41, 5.74) is 4.29. The molecule has 0 fully saturated rings. The molecule has 0 aromatic carbocycles. The van der Waals surface area contributed by atoms with Gasteiger partial charge in [-0.3, -0.25) is 10.1 Å². The molecule has 9 nitrogen and oxygen atoms in total.